The Labute approximate surface area is 109 Å². The van der Waals surface area contributed by atoms with Crippen molar-refractivity contribution in [2.24, 2.45) is 5.92 Å². The Morgan fingerprint density at radius 3 is 2.33 bits per heavy atom. The number of rotatable bonds is 9. The first-order chi connectivity index (χ1) is 8.47. The summed E-state index contributed by atoms with van der Waals surface area (Å²) >= 11 is 0. The van der Waals surface area contributed by atoms with Gasteiger partial charge in [0.05, 0.1) is 0 Å². The first-order valence-electron chi connectivity index (χ1n) is 6.73. The molecular formula is C13H26N2O3. The molecule has 3 N–H and O–H groups in total. The largest absolute Gasteiger partial charge is 0.481 e. The van der Waals surface area contributed by atoms with E-state index in [1.54, 1.807) is 0 Å². The number of hydrogen-bond acceptors (Lipinski definition) is 2. The number of carbonyl (C=O) groups is 2. The van der Waals surface area contributed by atoms with Crippen LogP contribution in [-0.4, -0.2) is 29.7 Å². The summed E-state index contributed by atoms with van der Waals surface area (Å²) in [6, 6.07) is 0.0748. The van der Waals surface area contributed by atoms with Gasteiger partial charge in [-0.1, -0.05) is 27.2 Å². The van der Waals surface area contributed by atoms with Gasteiger partial charge in [0, 0.05) is 19.0 Å². The standard InChI is InChI=1S/C13H26N2O3/c1-4-11(10(2)3)15-13(18)14-9-7-5-6-8-12(16)17/h10-11H,4-9H2,1-3H3,(H,16,17)(H2,14,15,18). The van der Waals surface area contributed by atoms with Crippen molar-refractivity contribution in [2.45, 2.75) is 58.9 Å². The Morgan fingerprint density at radius 2 is 1.83 bits per heavy atom. The van der Waals surface area contributed by atoms with Crippen molar-refractivity contribution < 1.29 is 14.7 Å². The van der Waals surface area contributed by atoms with E-state index in [2.05, 4.69) is 31.4 Å². The summed E-state index contributed by atoms with van der Waals surface area (Å²) in [5, 5.41) is 14.2. The van der Waals surface area contributed by atoms with Crippen LogP contribution in [0, 0.1) is 5.92 Å². The van der Waals surface area contributed by atoms with Crippen LogP contribution in [0.2, 0.25) is 0 Å². The first kappa shape index (κ1) is 16.7. The van der Waals surface area contributed by atoms with Crippen molar-refractivity contribution >= 4 is 12.0 Å². The van der Waals surface area contributed by atoms with Crippen LogP contribution < -0.4 is 10.6 Å². The second-order valence-corrected chi connectivity index (χ2v) is 4.86. The van der Waals surface area contributed by atoms with Crippen LogP contribution in [0.3, 0.4) is 0 Å². The van der Waals surface area contributed by atoms with E-state index in [4.69, 9.17) is 5.11 Å². The second-order valence-electron chi connectivity index (χ2n) is 4.86. The molecule has 18 heavy (non-hydrogen) atoms. The molecule has 0 aliphatic rings. The highest BCUT2D eigenvalue weighted by Gasteiger charge is 2.13. The third-order valence-corrected chi connectivity index (χ3v) is 2.91. The Hall–Kier alpha value is -1.26. The Balaban J connectivity index is 3.56. The van der Waals surface area contributed by atoms with Gasteiger partial charge in [-0.25, -0.2) is 4.79 Å². The average Bonchev–Trinajstić information content (AvgIpc) is 2.29. The van der Waals surface area contributed by atoms with Gasteiger partial charge in [0.15, 0.2) is 0 Å². The highest BCUT2D eigenvalue weighted by molar-refractivity contribution is 5.74. The number of carboxylic acids is 1. The lowest BCUT2D eigenvalue weighted by molar-refractivity contribution is -0.137. The lowest BCUT2D eigenvalue weighted by Gasteiger charge is -2.20. The summed E-state index contributed by atoms with van der Waals surface area (Å²) < 4.78 is 0. The molecule has 1 atom stereocenters. The molecular weight excluding hydrogens is 232 g/mol. The third-order valence-electron chi connectivity index (χ3n) is 2.91. The number of unbranched alkanes of at least 4 members (excludes halogenated alkanes) is 2. The van der Waals surface area contributed by atoms with Crippen LogP contribution in [0.15, 0.2) is 0 Å². The summed E-state index contributed by atoms with van der Waals surface area (Å²) in [6.45, 7) is 6.82. The number of urea groups is 1. The minimum atomic E-state index is -0.761. The molecule has 0 spiro atoms. The summed E-state index contributed by atoms with van der Waals surface area (Å²) in [5.41, 5.74) is 0. The number of carboxylic acid groups (broad SMARTS) is 1. The fraction of sp³-hybridized carbons (Fsp3) is 0.846. The summed E-state index contributed by atoms with van der Waals surface area (Å²) in [7, 11) is 0. The monoisotopic (exact) mass is 258 g/mol. The van der Waals surface area contributed by atoms with E-state index < -0.39 is 5.97 Å². The minimum Gasteiger partial charge on any atom is -0.481 e. The summed E-state index contributed by atoms with van der Waals surface area (Å²) in [6.07, 6.45) is 3.44. The Kier molecular flexibility index (Phi) is 9.06. The van der Waals surface area contributed by atoms with Crippen LogP contribution in [0.1, 0.15) is 52.9 Å². The third kappa shape index (κ3) is 8.84. The van der Waals surface area contributed by atoms with E-state index in [9.17, 15) is 9.59 Å². The average molecular weight is 258 g/mol. The van der Waals surface area contributed by atoms with E-state index in [0.717, 1.165) is 19.3 Å². The van der Waals surface area contributed by atoms with Crippen LogP contribution in [0.5, 0.6) is 0 Å². The minimum absolute atomic E-state index is 0.131. The zero-order valence-corrected chi connectivity index (χ0v) is 11.7. The maximum Gasteiger partial charge on any atom is 0.315 e. The smallest absolute Gasteiger partial charge is 0.315 e. The molecule has 5 heteroatoms. The Bertz CT molecular complexity index is 255. The quantitative estimate of drug-likeness (QED) is 0.555. The number of hydrogen-bond donors (Lipinski definition) is 3. The van der Waals surface area contributed by atoms with Crippen molar-refractivity contribution in [3.05, 3.63) is 0 Å². The first-order valence-corrected chi connectivity index (χ1v) is 6.73. The molecule has 106 valence electrons. The molecule has 0 aliphatic carbocycles. The predicted octanol–water partition coefficient (Wildman–Crippen LogP) is 2.37. The van der Waals surface area contributed by atoms with Gasteiger partial charge in [-0.2, -0.15) is 0 Å². The lowest BCUT2D eigenvalue weighted by atomic mass is 10.0. The highest BCUT2D eigenvalue weighted by atomic mass is 16.4. The zero-order valence-electron chi connectivity index (χ0n) is 11.7. The zero-order chi connectivity index (χ0) is 14.0. The van der Waals surface area contributed by atoms with Crippen molar-refractivity contribution in [1.82, 2.24) is 10.6 Å². The lowest BCUT2D eigenvalue weighted by Crippen LogP contribution is -2.44. The van der Waals surface area contributed by atoms with Gasteiger partial charge in [-0.3, -0.25) is 4.79 Å². The van der Waals surface area contributed by atoms with Crippen molar-refractivity contribution in [3.63, 3.8) is 0 Å². The molecule has 0 aliphatic heterocycles. The molecule has 1 unspecified atom stereocenters. The normalized spacial score (nSPS) is 12.2. The van der Waals surface area contributed by atoms with Crippen LogP contribution in [-0.2, 0) is 4.79 Å². The number of aliphatic carboxylic acids is 1. The molecule has 2 amide bonds. The molecule has 0 saturated carbocycles. The molecule has 0 aromatic heterocycles. The highest BCUT2D eigenvalue weighted by Crippen LogP contribution is 2.04. The van der Waals surface area contributed by atoms with Gasteiger partial charge in [0.2, 0.25) is 0 Å². The Morgan fingerprint density at radius 1 is 1.17 bits per heavy atom. The van der Waals surface area contributed by atoms with Gasteiger partial charge < -0.3 is 15.7 Å². The number of nitrogens with one attached hydrogen (secondary N) is 2. The van der Waals surface area contributed by atoms with Gasteiger partial charge in [0.25, 0.3) is 0 Å². The predicted molar refractivity (Wildman–Crippen MR) is 71.6 cm³/mol. The van der Waals surface area contributed by atoms with Crippen LogP contribution >= 0.6 is 0 Å². The molecule has 0 rings (SSSR count). The SMILES string of the molecule is CCC(NC(=O)NCCCCCC(=O)O)C(C)C. The van der Waals surface area contributed by atoms with Gasteiger partial charge >= 0.3 is 12.0 Å². The molecule has 0 aromatic rings. The maximum absolute atomic E-state index is 11.5. The van der Waals surface area contributed by atoms with Crippen molar-refractivity contribution in [3.8, 4) is 0 Å². The maximum atomic E-state index is 11.5. The van der Waals surface area contributed by atoms with E-state index in [1.807, 2.05) is 0 Å². The summed E-state index contributed by atoms with van der Waals surface area (Å²) in [5.74, 6) is -0.334. The fourth-order valence-electron chi connectivity index (χ4n) is 1.74. The number of carbonyl (C=O) groups excluding carboxylic acids is 1. The summed E-state index contributed by atoms with van der Waals surface area (Å²) in [4.78, 5) is 21.8. The van der Waals surface area contributed by atoms with Gasteiger partial charge in [0.1, 0.15) is 0 Å². The molecule has 0 aromatic carbocycles. The molecule has 0 heterocycles. The fourth-order valence-corrected chi connectivity index (χ4v) is 1.74. The van der Waals surface area contributed by atoms with Crippen molar-refractivity contribution in [2.75, 3.05) is 6.54 Å². The molecule has 0 fully saturated rings. The van der Waals surface area contributed by atoms with Crippen molar-refractivity contribution in [1.29, 1.82) is 0 Å². The van der Waals surface area contributed by atoms with Crippen LogP contribution in [0.25, 0.3) is 0 Å². The molecule has 0 radical (unpaired) electrons. The van der Waals surface area contributed by atoms with E-state index in [0.29, 0.717) is 18.9 Å². The van der Waals surface area contributed by atoms with Crippen LogP contribution in [0.4, 0.5) is 4.79 Å². The van der Waals surface area contributed by atoms with E-state index >= 15 is 0 Å². The molecule has 0 saturated heterocycles. The van der Waals surface area contributed by atoms with E-state index in [-0.39, 0.29) is 18.5 Å². The number of amides is 2. The van der Waals surface area contributed by atoms with Gasteiger partial charge in [-0.15, -0.1) is 0 Å². The van der Waals surface area contributed by atoms with Gasteiger partial charge in [-0.05, 0) is 25.2 Å². The molecule has 5 nitrogen and oxygen atoms in total. The topological polar surface area (TPSA) is 78.4 Å². The molecule has 0 bridgehead atoms. The van der Waals surface area contributed by atoms with E-state index in [1.165, 1.54) is 0 Å². The second kappa shape index (κ2) is 9.74.